The number of aliphatic hydroxyl groups excluding tert-OH is 1. The van der Waals surface area contributed by atoms with E-state index in [1.54, 1.807) is 13.2 Å². The number of ether oxygens (including phenoxy) is 3. The summed E-state index contributed by atoms with van der Waals surface area (Å²) in [5.74, 6) is 1.66. The van der Waals surface area contributed by atoms with Crippen molar-refractivity contribution < 1.29 is 23.8 Å². The molecular formula is C25H31NO5. The van der Waals surface area contributed by atoms with E-state index in [-0.39, 0.29) is 6.61 Å². The van der Waals surface area contributed by atoms with Crippen LogP contribution in [0.15, 0.2) is 53.1 Å². The Labute approximate surface area is 183 Å². The summed E-state index contributed by atoms with van der Waals surface area (Å²) in [5, 5.41) is 14.0. The zero-order valence-corrected chi connectivity index (χ0v) is 18.5. The molecule has 31 heavy (non-hydrogen) atoms. The van der Waals surface area contributed by atoms with Gasteiger partial charge in [-0.2, -0.15) is 0 Å². The van der Waals surface area contributed by atoms with E-state index in [1.165, 1.54) is 11.1 Å². The molecule has 0 spiro atoms. The molecule has 3 rings (SSSR count). The van der Waals surface area contributed by atoms with E-state index in [4.69, 9.17) is 18.7 Å². The molecule has 0 aliphatic heterocycles. The number of hydrogen-bond acceptors (Lipinski definition) is 6. The van der Waals surface area contributed by atoms with Crippen LogP contribution in [-0.2, 0) is 15.9 Å². The Kier molecular flexibility index (Phi) is 8.64. The molecule has 6 heteroatoms. The molecule has 1 heterocycles. The number of benzene rings is 2. The SMILES string of the molecule is COCCOCC(O)c1cc(CCCOc2c(C)cc(-c3ccccc3)cc2C)on1. The first kappa shape index (κ1) is 23.0. The highest BCUT2D eigenvalue weighted by atomic mass is 16.5. The van der Waals surface area contributed by atoms with E-state index in [9.17, 15) is 5.11 Å². The van der Waals surface area contributed by atoms with Crippen molar-refractivity contribution in [2.75, 3.05) is 33.5 Å². The monoisotopic (exact) mass is 425 g/mol. The predicted molar refractivity (Wildman–Crippen MR) is 119 cm³/mol. The number of aryl methyl sites for hydroxylation is 3. The van der Waals surface area contributed by atoms with Gasteiger partial charge >= 0.3 is 0 Å². The fraction of sp³-hybridized carbons (Fsp3) is 0.400. The fourth-order valence-electron chi connectivity index (χ4n) is 3.42. The highest BCUT2D eigenvalue weighted by molar-refractivity contribution is 5.67. The average molecular weight is 426 g/mol. The van der Waals surface area contributed by atoms with Gasteiger partial charge in [-0.25, -0.2) is 0 Å². The molecule has 166 valence electrons. The zero-order valence-electron chi connectivity index (χ0n) is 18.5. The second kappa shape index (κ2) is 11.6. The summed E-state index contributed by atoms with van der Waals surface area (Å²) in [6.45, 7) is 5.81. The van der Waals surface area contributed by atoms with Crippen molar-refractivity contribution in [1.29, 1.82) is 0 Å². The first-order valence-corrected chi connectivity index (χ1v) is 10.6. The van der Waals surface area contributed by atoms with Gasteiger partial charge in [0.1, 0.15) is 23.3 Å². The quantitative estimate of drug-likeness (QED) is 0.425. The molecule has 0 amide bonds. The van der Waals surface area contributed by atoms with Crippen LogP contribution in [0.25, 0.3) is 11.1 Å². The van der Waals surface area contributed by atoms with Crippen molar-refractivity contribution in [3.05, 3.63) is 71.1 Å². The summed E-state index contributed by atoms with van der Waals surface area (Å²) >= 11 is 0. The van der Waals surface area contributed by atoms with Crippen LogP contribution in [0.3, 0.4) is 0 Å². The van der Waals surface area contributed by atoms with Crippen LogP contribution < -0.4 is 4.74 Å². The van der Waals surface area contributed by atoms with E-state index < -0.39 is 6.10 Å². The third-order valence-electron chi connectivity index (χ3n) is 5.01. The maximum absolute atomic E-state index is 10.1. The van der Waals surface area contributed by atoms with E-state index in [0.717, 1.165) is 29.1 Å². The van der Waals surface area contributed by atoms with E-state index in [1.807, 2.05) is 18.2 Å². The first-order chi connectivity index (χ1) is 15.1. The van der Waals surface area contributed by atoms with Crippen LogP contribution in [0.5, 0.6) is 5.75 Å². The first-order valence-electron chi connectivity index (χ1n) is 10.6. The molecule has 0 saturated carbocycles. The molecule has 1 atom stereocenters. The Hall–Kier alpha value is -2.67. The largest absolute Gasteiger partial charge is 0.493 e. The van der Waals surface area contributed by atoms with Gasteiger partial charge in [-0.05, 0) is 54.7 Å². The van der Waals surface area contributed by atoms with E-state index in [2.05, 4.69) is 43.3 Å². The van der Waals surface area contributed by atoms with Gasteiger partial charge in [-0.3, -0.25) is 0 Å². The van der Waals surface area contributed by atoms with E-state index >= 15 is 0 Å². The number of hydrogen-bond donors (Lipinski definition) is 1. The third-order valence-corrected chi connectivity index (χ3v) is 5.01. The second-order valence-corrected chi connectivity index (χ2v) is 7.56. The minimum atomic E-state index is -0.806. The van der Waals surface area contributed by atoms with Gasteiger partial charge in [-0.15, -0.1) is 0 Å². The maximum Gasteiger partial charge on any atom is 0.137 e. The van der Waals surface area contributed by atoms with Gasteiger partial charge in [-0.1, -0.05) is 35.5 Å². The molecule has 1 unspecified atom stereocenters. The summed E-state index contributed by atoms with van der Waals surface area (Å²) in [6, 6.07) is 16.4. The van der Waals surface area contributed by atoms with Gasteiger partial charge in [0.05, 0.1) is 26.4 Å². The van der Waals surface area contributed by atoms with Crippen LogP contribution in [0, 0.1) is 13.8 Å². The molecule has 1 N–H and O–H groups in total. The number of aromatic nitrogens is 1. The second-order valence-electron chi connectivity index (χ2n) is 7.56. The average Bonchev–Trinajstić information content (AvgIpc) is 3.25. The smallest absolute Gasteiger partial charge is 0.137 e. The van der Waals surface area contributed by atoms with Gasteiger partial charge in [0, 0.05) is 19.6 Å². The lowest BCUT2D eigenvalue weighted by molar-refractivity contribution is 0.0100. The summed E-state index contributed by atoms with van der Waals surface area (Å²) in [6.07, 6.45) is 0.665. The summed E-state index contributed by atoms with van der Waals surface area (Å²) in [5.41, 5.74) is 5.13. The predicted octanol–water partition coefficient (Wildman–Crippen LogP) is 4.67. The van der Waals surface area contributed by atoms with Crippen LogP contribution in [-0.4, -0.2) is 43.8 Å². The van der Waals surface area contributed by atoms with Gasteiger partial charge in [0.25, 0.3) is 0 Å². The lowest BCUT2D eigenvalue weighted by Crippen LogP contribution is -2.10. The van der Waals surface area contributed by atoms with Crippen LogP contribution >= 0.6 is 0 Å². The summed E-state index contributed by atoms with van der Waals surface area (Å²) < 4.78 is 21.6. The molecule has 0 fully saturated rings. The van der Waals surface area contributed by atoms with Crippen LogP contribution in [0.4, 0.5) is 0 Å². The molecule has 2 aromatic carbocycles. The Morgan fingerprint density at radius 1 is 0.968 bits per heavy atom. The maximum atomic E-state index is 10.1. The zero-order chi connectivity index (χ0) is 22.1. The lowest BCUT2D eigenvalue weighted by atomic mass is 10.00. The van der Waals surface area contributed by atoms with Crippen LogP contribution in [0.2, 0.25) is 0 Å². The minimum Gasteiger partial charge on any atom is -0.493 e. The molecule has 0 bridgehead atoms. The van der Waals surface area contributed by atoms with Crippen molar-refractivity contribution in [2.24, 2.45) is 0 Å². The minimum absolute atomic E-state index is 0.163. The fourth-order valence-corrected chi connectivity index (χ4v) is 3.42. The molecule has 0 saturated heterocycles. The van der Waals surface area contributed by atoms with Crippen molar-refractivity contribution in [3.8, 4) is 16.9 Å². The third kappa shape index (κ3) is 6.66. The highest BCUT2D eigenvalue weighted by Crippen LogP contribution is 2.30. The Morgan fingerprint density at radius 3 is 2.42 bits per heavy atom. The van der Waals surface area contributed by atoms with Gasteiger partial charge in [0.2, 0.25) is 0 Å². The Bertz CT molecular complexity index is 915. The molecule has 0 aliphatic carbocycles. The normalized spacial score (nSPS) is 12.1. The standard InChI is InChI=1S/C25H31NO5/c1-18-14-21(20-8-5-4-6-9-20)15-19(2)25(18)30-11-7-10-22-16-23(26-31-22)24(27)17-29-13-12-28-3/h4-6,8-9,14-16,24,27H,7,10-13,17H2,1-3H3. The molecule has 0 radical (unpaired) electrons. The summed E-state index contributed by atoms with van der Waals surface area (Å²) in [4.78, 5) is 0. The Morgan fingerprint density at radius 2 is 1.71 bits per heavy atom. The number of methoxy groups -OCH3 is 1. The number of rotatable bonds is 12. The van der Waals surface area contributed by atoms with Crippen molar-refractivity contribution in [1.82, 2.24) is 5.16 Å². The van der Waals surface area contributed by atoms with Gasteiger partial charge < -0.3 is 23.8 Å². The Balaban J connectivity index is 1.47. The molecule has 6 nitrogen and oxygen atoms in total. The lowest BCUT2D eigenvalue weighted by Gasteiger charge is -2.14. The number of aliphatic hydroxyl groups is 1. The van der Waals surface area contributed by atoms with Crippen molar-refractivity contribution in [2.45, 2.75) is 32.8 Å². The van der Waals surface area contributed by atoms with Crippen molar-refractivity contribution >= 4 is 0 Å². The topological polar surface area (TPSA) is 74.0 Å². The van der Waals surface area contributed by atoms with Crippen LogP contribution in [0.1, 0.15) is 35.1 Å². The molecule has 3 aromatic rings. The van der Waals surface area contributed by atoms with E-state index in [0.29, 0.717) is 31.9 Å². The van der Waals surface area contributed by atoms with Gasteiger partial charge in [0.15, 0.2) is 0 Å². The molecule has 1 aromatic heterocycles. The molecule has 0 aliphatic rings. The summed E-state index contributed by atoms with van der Waals surface area (Å²) in [7, 11) is 1.61. The highest BCUT2D eigenvalue weighted by Gasteiger charge is 2.14. The number of nitrogens with zero attached hydrogens (tertiary/aromatic N) is 1. The molecular weight excluding hydrogens is 394 g/mol. The van der Waals surface area contributed by atoms with Crippen molar-refractivity contribution in [3.63, 3.8) is 0 Å².